The van der Waals surface area contributed by atoms with Crippen LogP contribution in [-0.2, 0) is 11.8 Å². The molecule has 1 amide bonds. The first-order valence-electron chi connectivity index (χ1n) is 10.2. The Morgan fingerprint density at radius 1 is 0.917 bits per heavy atom. The second-order valence-corrected chi connectivity index (χ2v) is 7.28. The molecule has 8 nitrogen and oxygen atoms in total. The number of nitrogens with one attached hydrogen (secondary N) is 2. The molecule has 2 aromatic carbocycles. The topological polar surface area (TPSA) is 109 Å². The van der Waals surface area contributed by atoms with E-state index in [1.807, 2.05) is 36.5 Å². The van der Waals surface area contributed by atoms with Crippen LogP contribution in [0.2, 0.25) is 0 Å². The van der Waals surface area contributed by atoms with E-state index in [2.05, 4.69) is 20.6 Å². The van der Waals surface area contributed by atoms with Crippen LogP contribution in [0.15, 0.2) is 79.3 Å². The summed E-state index contributed by atoms with van der Waals surface area (Å²) in [5, 5.41) is 13.0. The number of aliphatic carboxylic acids is 1. The number of hydrogen-bond acceptors (Lipinski definition) is 5. The van der Waals surface area contributed by atoms with Crippen molar-refractivity contribution in [3.8, 4) is 11.1 Å². The molecule has 0 fully saturated rings. The molecule has 0 aliphatic heterocycles. The standard InChI is InChI=1S/C22H18FN5O.C2HF3O2/c1-28-14-15(10-20(28)21(29)26-19-9-5-6-17(23)11-19)16-12-24-22(25-13-16)27-18-7-3-2-4-8-18;3-2(4,5)1(6)7/h2-14H,1H3,(H,26,29)(H,24,25,27);(H,6,7). The average molecular weight is 501 g/mol. The molecule has 0 unspecified atom stereocenters. The fraction of sp³-hybridized carbons (Fsp3) is 0.0833. The van der Waals surface area contributed by atoms with Crippen LogP contribution in [0.5, 0.6) is 0 Å². The first kappa shape index (κ1) is 25.9. The van der Waals surface area contributed by atoms with Gasteiger partial charge in [-0.05, 0) is 36.4 Å². The van der Waals surface area contributed by atoms with Gasteiger partial charge >= 0.3 is 12.1 Å². The monoisotopic (exact) mass is 501 g/mol. The van der Waals surface area contributed by atoms with Crippen molar-refractivity contribution < 1.29 is 32.3 Å². The van der Waals surface area contributed by atoms with E-state index in [9.17, 15) is 22.4 Å². The number of nitrogens with zero attached hydrogens (tertiary/aromatic N) is 3. The summed E-state index contributed by atoms with van der Waals surface area (Å²) in [6.07, 6.45) is 0.132. The lowest BCUT2D eigenvalue weighted by Crippen LogP contribution is -2.21. The van der Waals surface area contributed by atoms with Gasteiger partial charge in [0.2, 0.25) is 5.95 Å². The molecule has 4 aromatic rings. The molecular formula is C24H19F4N5O3. The van der Waals surface area contributed by atoms with Gasteiger partial charge in [-0.3, -0.25) is 4.79 Å². The Morgan fingerprint density at radius 3 is 2.11 bits per heavy atom. The minimum Gasteiger partial charge on any atom is -0.475 e. The van der Waals surface area contributed by atoms with E-state index < -0.39 is 18.0 Å². The number of aromatic nitrogens is 3. The minimum atomic E-state index is -5.08. The molecule has 0 saturated carbocycles. The highest BCUT2D eigenvalue weighted by Gasteiger charge is 2.38. The van der Waals surface area contributed by atoms with Gasteiger partial charge in [-0.2, -0.15) is 13.2 Å². The van der Waals surface area contributed by atoms with Gasteiger partial charge < -0.3 is 20.3 Å². The number of hydrogen-bond donors (Lipinski definition) is 3. The van der Waals surface area contributed by atoms with Gasteiger partial charge in [0.05, 0.1) is 0 Å². The SMILES string of the molecule is Cn1cc(-c2cnc(Nc3ccccc3)nc2)cc1C(=O)Nc1cccc(F)c1.O=C(O)C(F)(F)F. The van der Waals surface area contributed by atoms with Crippen molar-refractivity contribution in [1.82, 2.24) is 14.5 Å². The van der Waals surface area contributed by atoms with E-state index in [1.54, 1.807) is 42.2 Å². The average Bonchev–Trinajstić information content (AvgIpc) is 3.22. The van der Waals surface area contributed by atoms with Gasteiger partial charge in [0.1, 0.15) is 11.5 Å². The van der Waals surface area contributed by atoms with Crippen molar-refractivity contribution in [2.24, 2.45) is 7.05 Å². The summed E-state index contributed by atoms with van der Waals surface area (Å²) in [6, 6.07) is 17.2. The van der Waals surface area contributed by atoms with Crippen molar-refractivity contribution in [3.63, 3.8) is 0 Å². The van der Waals surface area contributed by atoms with Gasteiger partial charge in [-0.25, -0.2) is 19.2 Å². The largest absolute Gasteiger partial charge is 0.490 e. The number of benzene rings is 2. The van der Waals surface area contributed by atoms with Crippen molar-refractivity contribution in [2.45, 2.75) is 6.18 Å². The third-order valence-electron chi connectivity index (χ3n) is 4.58. The Labute approximate surface area is 202 Å². The Kier molecular flexibility index (Phi) is 8.00. The second kappa shape index (κ2) is 11.1. The van der Waals surface area contributed by atoms with Crippen molar-refractivity contribution in [1.29, 1.82) is 0 Å². The molecule has 0 atom stereocenters. The zero-order chi connectivity index (χ0) is 26.3. The first-order valence-corrected chi connectivity index (χ1v) is 10.2. The Balaban J connectivity index is 0.000000454. The summed E-state index contributed by atoms with van der Waals surface area (Å²) >= 11 is 0. The zero-order valence-corrected chi connectivity index (χ0v) is 18.6. The quantitative estimate of drug-likeness (QED) is 0.322. The number of para-hydroxylation sites is 1. The highest BCUT2D eigenvalue weighted by Crippen LogP contribution is 2.23. The Bertz CT molecular complexity index is 1340. The van der Waals surface area contributed by atoms with Crippen LogP contribution < -0.4 is 10.6 Å². The smallest absolute Gasteiger partial charge is 0.475 e. The van der Waals surface area contributed by atoms with Crippen LogP contribution in [-0.4, -0.2) is 37.7 Å². The third-order valence-corrected chi connectivity index (χ3v) is 4.58. The number of carboxylic acid groups (broad SMARTS) is 1. The molecule has 0 saturated heterocycles. The molecule has 0 spiro atoms. The number of rotatable bonds is 5. The van der Waals surface area contributed by atoms with Crippen molar-refractivity contribution >= 4 is 29.2 Å². The molecule has 2 aromatic heterocycles. The van der Waals surface area contributed by atoms with Gasteiger partial charge in [0.25, 0.3) is 5.91 Å². The maximum Gasteiger partial charge on any atom is 0.490 e. The van der Waals surface area contributed by atoms with Crippen LogP contribution in [0.3, 0.4) is 0 Å². The lowest BCUT2D eigenvalue weighted by atomic mass is 10.2. The molecule has 0 bridgehead atoms. The summed E-state index contributed by atoms with van der Waals surface area (Å²) in [6.45, 7) is 0. The van der Waals surface area contributed by atoms with Gasteiger partial charge in [0, 0.05) is 48.1 Å². The molecule has 36 heavy (non-hydrogen) atoms. The fourth-order valence-corrected chi connectivity index (χ4v) is 2.90. The Morgan fingerprint density at radius 2 is 1.53 bits per heavy atom. The van der Waals surface area contributed by atoms with Gasteiger partial charge in [-0.15, -0.1) is 0 Å². The zero-order valence-electron chi connectivity index (χ0n) is 18.6. The second-order valence-electron chi connectivity index (χ2n) is 7.28. The van der Waals surface area contributed by atoms with E-state index in [0.29, 0.717) is 17.3 Å². The maximum atomic E-state index is 13.3. The van der Waals surface area contributed by atoms with Crippen molar-refractivity contribution in [3.05, 3.63) is 90.8 Å². The van der Waals surface area contributed by atoms with Crippen molar-refractivity contribution in [2.75, 3.05) is 10.6 Å². The highest BCUT2D eigenvalue weighted by atomic mass is 19.4. The number of aryl methyl sites for hydroxylation is 1. The van der Waals surface area contributed by atoms with E-state index in [0.717, 1.165) is 16.8 Å². The summed E-state index contributed by atoms with van der Waals surface area (Å²) in [4.78, 5) is 30.1. The van der Waals surface area contributed by atoms with Crippen LogP contribution >= 0.6 is 0 Å². The Hall–Kier alpha value is -4.74. The molecule has 12 heteroatoms. The predicted octanol–water partition coefficient (Wildman–Crippen LogP) is 5.25. The van der Waals surface area contributed by atoms with Crippen LogP contribution in [0.4, 0.5) is 34.9 Å². The van der Waals surface area contributed by atoms with Crippen LogP contribution in [0, 0.1) is 5.82 Å². The molecule has 0 aliphatic carbocycles. The number of carboxylic acids is 1. The normalized spacial score (nSPS) is 10.7. The molecule has 3 N–H and O–H groups in total. The summed E-state index contributed by atoms with van der Waals surface area (Å²) < 4.78 is 46.8. The van der Waals surface area contributed by atoms with E-state index >= 15 is 0 Å². The lowest BCUT2D eigenvalue weighted by molar-refractivity contribution is -0.192. The predicted molar refractivity (Wildman–Crippen MR) is 124 cm³/mol. The summed E-state index contributed by atoms with van der Waals surface area (Å²) in [7, 11) is 1.77. The summed E-state index contributed by atoms with van der Waals surface area (Å²) in [5.74, 6) is -3.00. The number of carbonyl (C=O) groups excluding carboxylic acids is 1. The number of anilines is 3. The molecule has 186 valence electrons. The van der Waals surface area contributed by atoms with E-state index in [1.165, 1.54) is 12.1 Å². The molecule has 4 rings (SSSR count). The molecule has 0 aliphatic rings. The lowest BCUT2D eigenvalue weighted by Gasteiger charge is -2.05. The van der Waals surface area contributed by atoms with E-state index in [4.69, 9.17) is 9.90 Å². The highest BCUT2D eigenvalue weighted by molar-refractivity contribution is 6.04. The number of carbonyl (C=O) groups is 2. The first-order chi connectivity index (χ1) is 17.0. The van der Waals surface area contributed by atoms with Gasteiger partial charge in [0.15, 0.2) is 0 Å². The maximum absolute atomic E-state index is 13.3. The summed E-state index contributed by atoms with van der Waals surface area (Å²) in [5.41, 5.74) is 3.33. The fourth-order valence-electron chi connectivity index (χ4n) is 2.90. The molecule has 0 radical (unpaired) electrons. The molecule has 2 heterocycles. The molecular weight excluding hydrogens is 482 g/mol. The van der Waals surface area contributed by atoms with Crippen LogP contribution in [0.25, 0.3) is 11.1 Å². The number of amides is 1. The van der Waals surface area contributed by atoms with Crippen LogP contribution in [0.1, 0.15) is 10.5 Å². The number of halogens is 4. The van der Waals surface area contributed by atoms with E-state index in [-0.39, 0.29) is 5.91 Å². The minimum absolute atomic E-state index is 0.326. The third kappa shape index (κ3) is 7.13. The van der Waals surface area contributed by atoms with Gasteiger partial charge in [-0.1, -0.05) is 24.3 Å². The number of alkyl halides is 3.